The van der Waals surface area contributed by atoms with Gasteiger partial charge in [0.2, 0.25) is 0 Å². The molecule has 0 amide bonds. The molecule has 1 rings (SSSR count). The second kappa shape index (κ2) is 3.78. The molecular formula is C11H22O. The van der Waals surface area contributed by atoms with Gasteiger partial charge in [0.1, 0.15) is 0 Å². The molecule has 0 heterocycles. The summed E-state index contributed by atoms with van der Waals surface area (Å²) in [6.07, 6.45) is 4.03. The maximum Gasteiger partial charge on any atom is 0.0467 e. The number of methoxy groups -OCH3 is 1. The van der Waals surface area contributed by atoms with Crippen LogP contribution in [-0.4, -0.2) is 13.7 Å². The number of hydrogen-bond acceptors (Lipinski definition) is 1. The summed E-state index contributed by atoms with van der Waals surface area (Å²) in [4.78, 5) is 0. The molecule has 2 unspecified atom stereocenters. The maximum atomic E-state index is 5.15. The van der Waals surface area contributed by atoms with Crippen molar-refractivity contribution in [1.82, 2.24) is 0 Å². The van der Waals surface area contributed by atoms with Gasteiger partial charge in [-0.3, -0.25) is 0 Å². The highest BCUT2D eigenvalue weighted by Crippen LogP contribution is 2.60. The molecular weight excluding hydrogens is 148 g/mol. The molecule has 1 nitrogen and oxygen atoms in total. The Kier molecular flexibility index (Phi) is 3.16. The third kappa shape index (κ3) is 1.82. The van der Waals surface area contributed by atoms with Gasteiger partial charge in [0.05, 0.1) is 0 Å². The molecule has 0 aromatic rings. The molecule has 0 saturated heterocycles. The Hall–Kier alpha value is -0.0400. The van der Waals surface area contributed by atoms with Crippen LogP contribution in [-0.2, 0) is 4.74 Å². The fourth-order valence-corrected chi connectivity index (χ4v) is 2.50. The summed E-state index contributed by atoms with van der Waals surface area (Å²) in [7, 11) is 1.80. The Morgan fingerprint density at radius 3 is 2.50 bits per heavy atom. The van der Waals surface area contributed by atoms with Crippen LogP contribution in [0.25, 0.3) is 0 Å². The normalized spacial score (nSPS) is 34.2. The minimum atomic E-state index is 0.657. The zero-order valence-electron chi connectivity index (χ0n) is 8.89. The zero-order valence-corrected chi connectivity index (χ0v) is 8.89. The summed E-state index contributed by atoms with van der Waals surface area (Å²) in [5.41, 5.74) is 0.657. The smallest absolute Gasteiger partial charge is 0.0467 e. The lowest BCUT2D eigenvalue weighted by molar-refractivity contribution is 0.163. The van der Waals surface area contributed by atoms with Crippen LogP contribution in [0.2, 0.25) is 0 Å². The molecule has 0 N–H and O–H groups in total. The summed E-state index contributed by atoms with van der Waals surface area (Å²) in [5, 5.41) is 0. The first-order valence-corrected chi connectivity index (χ1v) is 5.15. The van der Waals surface area contributed by atoms with Gasteiger partial charge in [0.15, 0.2) is 0 Å². The monoisotopic (exact) mass is 170 g/mol. The highest BCUT2D eigenvalue weighted by Gasteiger charge is 2.52. The van der Waals surface area contributed by atoms with E-state index in [1.165, 1.54) is 19.3 Å². The molecule has 1 saturated carbocycles. The van der Waals surface area contributed by atoms with Gasteiger partial charge in [-0.05, 0) is 30.1 Å². The highest BCUT2D eigenvalue weighted by atomic mass is 16.5. The molecule has 72 valence electrons. The third-order valence-electron chi connectivity index (χ3n) is 3.57. The molecule has 0 aromatic carbocycles. The van der Waals surface area contributed by atoms with E-state index in [4.69, 9.17) is 4.74 Å². The first-order chi connectivity index (χ1) is 5.66. The summed E-state index contributed by atoms with van der Waals surface area (Å²) in [5.74, 6) is 1.83. The van der Waals surface area contributed by atoms with E-state index in [9.17, 15) is 0 Å². The van der Waals surface area contributed by atoms with Gasteiger partial charge in [-0.2, -0.15) is 0 Å². The summed E-state index contributed by atoms with van der Waals surface area (Å²) in [6, 6.07) is 0. The minimum absolute atomic E-state index is 0.657. The van der Waals surface area contributed by atoms with Crippen LogP contribution in [0, 0.1) is 17.3 Å². The van der Waals surface area contributed by atoms with E-state index < -0.39 is 0 Å². The summed E-state index contributed by atoms with van der Waals surface area (Å²) < 4.78 is 5.15. The van der Waals surface area contributed by atoms with Gasteiger partial charge in [0.25, 0.3) is 0 Å². The molecule has 0 spiro atoms. The van der Waals surface area contributed by atoms with E-state index in [-0.39, 0.29) is 0 Å². The SMILES string of the molecule is CCC1(CCOC)CC1C(C)C. The molecule has 1 aliphatic carbocycles. The molecule has 0 radical (unpaired) electrons. The van der Waals surface area contributed by atoms with E-state index in [2.05, 4.69) is 20.8 Å². The topological polar surface area (TPSA) is 9.23 Å². The van der Waals surface area contributed by atoms with Crippen molar-refractivity contribution in [2.45, 2.75) is 40.0 Å². The second-order valence-corrected chi connectivity index (χ2v) is 4.51. The van der Waals surface area contributed by atoms with E-state index in [0.717, 1.165) is 18.4 Å². The van der Waals surface area contributed by atoms with E-state index >= 15 is 0 Å². The van der Waals surface area contributed by atoms with Crippen LogP contribution in [0.15, 0.2) is 0 Å². The standard InChI is InChI=1S/C11H22O/c1-5-11(6-7-12-4)8-10(11)9(2)3/h9-10H,5-8H2,1-4H3. The summed E-state index contributed by atoms with van der Waals surface area (Å²) in [6.45, 7) is 7.94. The van der Waals surface area contributed by atoms with E-state index in [1.807, 2.05) is 0 Å². The molecule has 1 heteroatoms. The van der Waals surface area contributed by atoms with Crippen molar-refractivity contribution in [2.75, 3.05) is 13.7 Å². The van der Waals surface area contributed by atoms with Gasteiger partial charge in [-0.15, -0.1) is 0 Å². The first-order valence-electron chi connectivity index (χ1n) is 5.15. The average molecular weight is 170 g/mol. The van der Waals surface area contributed by atoms with E-state index in [0.29, 0.717) is 5.41 Å². The zero-order chi connectivity index (χ0) is 9.19. The van der Waals surface area contributed by atoms with Crippen LogP contribution in [0.3, 0.4) is 0 Å². The molecule has 2 atom stereocenters. The Bertz CT molecular complexity index is 142. The Morgan fingerprint density at radius 1 is 1.50 bits per heavy atom. The molecule has 0 aromatic heterocycles. The third-order valence-corrected chi connectivity index (χ3v) is 3.57. The fourth-order valence-electron chi connectivity index (χ4n) is 2.50. The Labute approximate surface area is 76.5 Å². The number of rotatable bonds is 5. The largest absolute Gasteiger partial charge is 0.385 e. The van der Waals surface area contributed by atoms with Gasteiger partial charge in [-0.1, -0.05) is 27.2 Å². The maximum absolute atomic E-state index is 5.15. The minimum Gasteiger partial charge on any atom is -0.385 e. The lowest BCUT2D eigenvalue weighted by Gasteiger charge is -2.16. The predicted octanol–water partition coefficient (Wildman–Crippen LogP) is 3.10. The molecule has 1 aliphatic rings. The van der Waals surface area contributed by atoms with Crippen LogP contribution < -0.4 is 0 Å². The Morgan fingerprint density at radius 2 is 2.17 bits per heavy atom. The van der Waals surface area contributed by atoms with Crippen molar-refractivity contribution in [1.29, 1.82) is 0 Å². The molecule has 0 aliphatic heterocycles. The van der Waals surface area contributed by atoms with Crippen LogP contribution >= 0.6 is 0 Å². The van der Waals surface area contributed by atoms with Gasteiger partial charge in [0, 0.05) is 13.7 Å². The first kappa shape index (κ1) is 10.0. The lowest BCUT2D eigenvalue weighted by atomic mass is 9.92. The Balaban J connectivity index is 2.36. The predicted molar refractivity (Wildman–Crippen MR) is 52.2 cm³/mol. The second-order valence-electron chi connectivity index (χ2n) is 4.51. The molecule has 0 bridgehead atoms. The lowest BCUT2D eigenvalue weighted by Crippen LogP contribution is -2.09. The number of ether oxygens (including phenoxy) is 1. The highest BCUT2D eigenvalue weighted by molar-refractivity contribution is 5.02. The summed E-state index contributed by atoms with van der Waals surface area (Å²) >= 11 is 0. The van der Waals surface area contributed by atoms with Crippen molar-refractivity contribution in [3.8, 4) is 0 Å². The number of hydrogen-bond donors (Lipinski definition) is 0. The fraction of sp³-hybridized carbons (Fsp3) is 1.00. The molecule has 1 fully saturated rings. The average Bonchev–Trinajstić information content (AvgIpc) is 2.77. The van der Waals surface area contributed by atoms with Crippen LogP contribution in [0.4, 0.5) is 0 Å². The van der Waals surface area contributed by atoms with Crippen LogP contribution in [0.5, 0.6) is 0 Å². The van der Waals surface area contributed by atoms with Crippen molar-refractivity contribution in [3.63, 3.8) is 0 Å². The van der Waals surface area contributed by atoms with Gasteiger partial charge < -0.3 is 4.74 Å². The van der Waals surface area contributed by atoms with Gasteiger partial charge >= 0.3 is 0 Å². The van der Waals surface area contributed by atoms with Crippen molar-refractivity contribution in [2.24, 2.45) is 17.3 Å². The van der Waals surface area contributed by atoms with Crippen molar-refractivity contribution < 1.29 is 4.74 Å². The van der Waals surface area contributed by atoms with Gasteiger partial charge in [-0.25, -0.2) is 0 Å². The molecule has 12 heavy (non-hydrogen) atoms. The van der Waals surface area contributed by atoms with Crippen molar-refractivity contribution >= 4 is 0 Å². The quantitative estimate of drug-likeness (QED) is 0.616. The van der Waals surface area contributed by atoms with Crippen molar-refractivity contribution in [3.05, 3.63) is 0 Å². The van der Waals surface area contributed by atoms with Crippen LogP contribution in [0.1, 0.15) is 40.0 Å². The van der Waals surface area contributed by atoms with E-state index in [1.54, 1.807) is 7.11 Å².